The Labute approximate surface area is 86.3 Å². The molecule has 1 aliphatic rings. The van der Waals surface area contributed by atoms with Crippen molar-refractivity contribution in [2.75, 3.05) is 19.8 Å². The van der Waals surface area contributed by atoms with Gasteiger partial charge in [0.05, 0.1) is 12.1 Å². The number of hydrogen-bond donors (Lipinski definition) is 1. The topological polar surface area (TPSA) is 51.2 Å². The lowest BCUT2D eigenvalue weighted by molar-refractivity contribution is 0.0940. The SMILES string of the molecule is O=C(NCC1CCOC1)c1cscn1. The maximum absolute atomic E-state index is 11.5. The molecule has 1 aromatic heterocycles. The van der Waals surface area contributed by atoms with Gasteiger partial charge in [-0.15, -0.1) is 11.3 Å². The zero-order valence-electron chi connectivity index (χ0n) is 7.73. The van der Waals surface area contributed by atoms with Crippen molar-refractivity contribution in [1.29, 1.82) is 0 Å². The summed E-state index contributed by atoms with van der Waals surface area (Å²) in [6.07, 6.45) is 1.04. The molecule has 0 spiro atoms. The van der Waals surface area contributed by atoms with Crippen molar-refractivity contribution in [2.45, 2.75) is 6.42 Å². The van der Waals surface area contributed by atoms with Crippen LogP contribution >= 0.6 is 11.3 Å². The molecular formula is C9H12N2O2S. The van der Waals surface area contributed by atoms with Crippen LogP contribution in [0.5, 0.6) is 0 Å². The van der Waals surface area contributed by atoms with Gasteiger partial charge in [0.25, 0.3) is 5.91 Å². The first kappa shape index (κ1) is 9.61. The molecule has 0 aromatic carbocycles. The lowest BCUT2D eigenvalue weighted by Gasteiger charge is -2.07. The first-order chi connectivity index (χ1) is 6.86. The van der Waals surface area contributed by atoms with Gasteiger partial charge < -0.3 is 10.1 Å². The normalized spacial score (nSPS) is 21.0. The predicted octanol–water partition coefficient (Wildman–Crippen LogP) is 0.909. The summed E-state index contributed by atoms with van der Waals surface area (Å²) in [6, 6.07) is 0. The summed E-state index contributed by atoms with van der Waals surface area (Å²) in [6.45, 7) is 2.27. The van der Waals surface area contributed by atoms with Crippen molar-refractivity contribution >= 4 is 17.2 Å². The van der Waals surface area contributed by atoms with Crippen molar-refractivity contribution in [2.24, 2.45) is 5.92 Å². The number of carbonyl (C=O) groups is 1. The molecule has 1 amide bonds. The highest BCUT2D eigenvalue weighted by molar-refractivity contribution is 7.07. The van der Waals surface area contributed by atoms with E-state index in [1.54, 1.807) is 10.9 Å². The molecule has 1 saturated heterocycles. The van der Waals surface area contributed by atoms with E-state index in [2.05, 4.69) is 10.3 Å². The summed E-state index contributed by atoms with van der Waals surface area (Å²) in [5, 5.41) is 4.60. The summed E-state index contributed by atoms with van der Waals surface area (Å²) < 4.78 is 5.22. The molecule has 0 saturated carbocycles. The van der Waals surface area contributed by atoms with Gasteiger partial charge in [-0.05, 0) is 6.42 Å². The van der Waals surface area contributed by atoms with E-state index in [0.29, 0.717) is 18.2 Å². The summed E-state index contributed by atoms with van der Waals surface area (Å²) in [7, 11) is 0. The number of rotatable bonds is 3. The highest BCUT2D eigenvalue weighted by Crippen LogP contribution is 2.10. The molecule has 1 aliphatic heterocycles. The van der Waals surface area contributed by atoms with Gasteiger partial charge in [-0.25, -0.2) is 4.98 Å². The van der Waals surface area contributed by atoms with Crippen LogP contribution < -0.4 is 5.32 Å². The third kappa shape index (κ3) is 2.30. The fourth-order valence-corrected chi connectivity index (χ4v) is 1.93. The molecule has 14 heavy (non-hydrogen) atoms. The Bertz CT molecular complexity index is 294. The molecule has 0 radical (unpaired) electrons. The monoisotopic (exact) mass is 212 g/mol. The quantitative estimate of drug-likeness (QED) is 0.810. The third-order valence-corrected chi connectivity index (χ3v) is 2.83. The average molecular weight is 212 g/mol. The van der Waals surface area contributed by atoms with Gasteiger partial charge in [0.15, 0.2) is 0 Å². The number of aromatic nitrogens is 1. The number of nitrogens with zero attached hydrogens (tertiary/aromatic N) is 1. The van der Waals surface area contributed by atoms with Crippen LogP contribution in [0.3, 0.4) is 0 Å². The molecular weight excluding hydrogens is 200 g/mol. The Hall–Kier alpha value is -0.940. The van der Waals surface area contributed by atoms with Crippen molar-refractivity contribution in [1.82, 2.24) is 10.3 Å². The zero-order valence-corrected chi connectivity index (χ0v) is 8.55. The van der Waals surface area contributed by atoms with E-state index >= 15 is 0 Å². The molecule has 1 fully saturated rings. The average Bonchev–Trinajstić information content (AvgIpc) is 2.87. The van der Waals surface area contributed by atoms with E-state index in [0.717, 1.165) is 19.6 Å². The fourth-order valence-electron chi connectivity index (χ4n) is 1.40. The molecule has 0 aliphatic carbocycles. The van der Waals surface area contributed by atoms with E-state index in [1.165, 1.54) is 11.3 Å². The van der Waals surface area contributed by atoms with E-state index in [1.807, 2.05) is 0 Å². The largest absolute Gasteiger partial charge is 0.381 e. The van der Waals surface area contributed by atoms with Crippen LogP contribution in [-0.4, -0.2) is 30.6 Å². The lowest BCUT2D eigenvalue weighted by atomic mass is 10.1. The lowest BCUT2D eigenvalue weighted by Crippen LogP contribution is -2.29. The van der Waals surface area contributed by atoms with E-state index in [4.69, 9.17) is 4.74 Å². The number of nitrogens with one attached hydrogen (secondary N) is 1. The summed E-state index contributed by atoms with van der Waals surface area (Å²) >= 11 is 1.43. The Morgan fingerprint density at radius 3 is 3.36 bits per heavy atom. The Morgan fingerprint density at radius 1 is 1.79 bits per heavy atom. The van der Waals surface area contributed by atoms with Gasteiger partial charge in [-0.2, -0.15) is 0 Å². The minimum atomic E-state index is -0.0850. The maximum atomic E-state index is 11.5. The molecule has 5 heteroatoms. The van der Waals surface area contributed by atoms with Gasteiger partial charge >= 0.3 is 0 Å². The molecule has 1 unspecified atom stereocenters. The molecule has 2 heterocycles. The van der Waals surface area contributed by atoms with Crippen molar-refractivity contribution in [3.63, 3.8) is 0 Å². The summed E-state index contributed by atoms with van der Waals surface area (Å²) in [5.41, 5.74) is 2.17. The highest BCUT2D eigenvalue weighted by atomic mass is 32.1. The van der Waals surface area contributed by atoms with Crippen molar-refractivity contribution in [3.05, 3.63) is 16.6 Å². The second kappa shape index (κ2) is 4.52. The Balaban J connectivity index is 1.78. The molecule has 0 bridgehead atoms. The second-order valence-electron chi connectivity index (χ2n) is 3.31. The maximum Gasteiger partial charge on any atom is 0.270 e. The van der Waals surface area contributed by atoms with Crippen LogP contribution in [0.1, 0.15) is 16.9 Å². The van der Waals surface area contributed by atoms with Crippen LogP contribution in [0.25, 0.3) is 0 Å². The molecule has 1 N–H and O–H groups in total. The Morgan fingerprint density at radius 2 is 2.71 bits per heavy atom. The van der Waals surface area contributed by atoms with Gasteiger partial charge in [0.1, 0.15) is 5.69 Å². The third-order valence-electron chi connectivity index (χ3n) is 2.24. The van der Waals surface area contributed by atoms with E-state index in [9.17, 15) is 4.79 Å². The molecule has 76 valence electrons. The molecule has 2 rings (SSSR count). The van der Waals surface area contributed by atoms with Crippen LogP contribution in [-0.2, 0) is 4.74 Å². The number of carbonyl (C=O) groups excluding carboxylic acids is 1. The number of ether oxygens (including phenoxy) is 1. The van der Waals surface area contributed by atoms with Crippen LogP contribution in [0.15, 0.2) is 10.9 Å². The van der Waals surface area contributed by atoms with Gasteiger partial charge in [-0.1, -0.05) is 0 Å². The van der Waals surface area contributed by atoms with Gasteiger partial charge in [-0.3, -0.25) is 4.79 Å². The number of hydrogen-bond acceptors (Lipinski definition) is 4. The van der Waals surface area contributed by atoms with Crippen molar-refractivity contribution in [3.8, 4) is 0 Å². The highest BCUT2D eigenvalue weighted by Gasteiger charge is 2.17. The Kier molecular flexibility index (Phi) is 3.10. The predicted molar refractivity (Wildman–Crippen MR) is 53.4 cm³/mol. The minimum Gasteiger partial charge on any atom is -0.381 e. The van der Waals surface area contributed by atoms with E-state index < -0.39 is 0 Å². The van der Waals surface area contributed by atoms with Crippen LogP contribution in [0.2, 0.25) is 0 Å². The van der Waals surface area contributed by atoms with Crippen LogP contribution in [0.4, 0.5) is 0 Å². The zero-order chi connectivity index (χ0) is 9.80. The first-order valence-electron chi connectivity index (χ1n) is 4.60. The van der Waals surface area contributed by atoms with Gasteiger partial charge in [0.2, 0.25) is 0 Å². The standard InChI is InChI=1S/C9H12N2O2S/c12-9(8-5-14-6-11-8)10-3-7-1-2-13-4-7/h5-7H,1-4H2,(H,10,12). The van der Waals surface area contributed by atoms with E-state index in [-0.39, 0.29) is 5.91 Å². The number of amides is 1. The molecule has 4 nitrogen and oxygen atoms in total. The molecule has 1 atom stereocenters. The van der Waals surface area contributed by atoms with Crippen LogP contribution in [0, 0.1) is 5.92 Å². The summed E-state index contributed by atoms with van der Waals surface area (Å²) in [5.74, 6) is 0.385. The van der Waals surface area contributed by atoms with Crippen molar-refractivity contribution < 1.29 is 9.53 Å². The minimum absolute atomic E-state index is 0.0850. The fraction of sp³-hybridized carbons (Fsp3) is 0.556. The molecule has 1 aromatic rings. The smallest absolute Gasteiger partial charge is 0.270 e. The first-order valence-corrected chi connectivity index (χ1v) is 5.54. The van der Waals surface area contributed by atoms with Gasteiger partial charge in [0, 0.05) is 24.4 Å². The number of thiazole rings is 1. The summed E-state index contributed by atoms with van der Waals surface area (Å²) in [4.78, 5) is 15.4. The second-order valence-corrected chi connectivity index (χ2v) is 4.03.